The molecule has 0 saturated carbocycles. The molecule has 0 aliphatic heterocycles. The zero-order valence-corrected chi connectivity index (χ0v) is 6.64. The maximum Gasteiger partial charge on any atom is 0.377 e. The lowest BCUT2D eigenvalue weighted by Crippen LogP contribution is -2.26. The Bertz CT molecular complexity index is 468. The second-order valence-electron chi connectivity index (χ2n) is 2.70. The minimum atomic E-state index is -0.422. The largest absolute Gasteiger partial charge is 0.615 e. The summed E-state index contributed by atoms with van der Waals surface area (Å²) in [6.07, 6.45) is 0. The highest BCUT2D eigenvalue weighted by molar-refractivity contribution is 5.81. The first kappa shape index (κ1) is 7.67. The normalized spacial score (nSPS) is 10.5. The van der Waals surface area contributed by atoms with Crippen LogP contribution in [0.2, 0.25) is 0 Å². The molecule has 0 spiro atoms. The molecule has 0 saturated heterocycles. The van der Waals surface area contributed by atoms with Crippen LogP contribution in [-0.4, -0.2) is 10.2 Å². The Labute approximate surface area is 73.9 Å². The second-order valence-corrected chi connectivity index (χ2v) is 2.70. The van der Waals surface area contributed by atoms with Crippen LogP contribution in [0, 0.1) is 5.21 Å². The molecule has 2 aromatic rings. The first-order chi connectivity index (χ1) is 6.20. The number of phenols is 1. The van der Waals surface area contributed by atoms with Crippen molar-refractivity contribution in [3.05, 3.63) is 35.5 Å². The molecule has 1 heterocycles. The van der Waals surface area contributed by atoms with Gasteiger partial charge in [-0.2, -0.15) is 0 Å². The van der Waals surface area contributed by atoms with Crippen molar-refractivity contribution in [2.75, 3.05) is 0 Å². The number of aromatic hydroxyl groups is 2. The van der Waals surface area contributed by atoms with E-state index in [1.165, 1.54) is 12.1 Å². The third-order valence-corrected chi connectivity index (χ3v) is 1.87. The third kappa shape index (κ3) is 1.03. The lowest BCUT2D eigenvalue weighted by Gasteiger charge is -2.03. The Morgan fingerprint density at radius 2 is 1.85 bits per heavy atom. The smallest absolute Gasteiger partial charge is 0.377 e. The molecule has 1 aromatic carbocycles. The Balaban J connectivity index is 2.97. The Morgan fingerprint density at radius 3 is 2.62 bits per heavy atom. The number of rotatable bonds is 0. The molecule has 0 fully saturated rings. The van der Waals surface area contributed by atoms with E-state index < -0.39 is 5.88 Å². The molecular weight excluding hydrogens is 170 g/mol. The Morgan fingerprint density at radius 1 is 1.08 bits per heavy atom. The molecule has 0 atom stereocenters. The third-order valence-electron chi connectivity index (χ3n) is 1.87. The van der Waals surface area contributed by atoms with Gasteiger partial charge in [-0.3, -0.25) is 0 Å². The average molecular weight is 177 g/mol. The minimum absolute atomic E-state index is 0.0856. The fraction of sp³-hybridized carbons (Fsp3) is 0. The van der Waals surface area contributed by atoms with Crippen LogP contribution in [0.4, 0.5) is 0 Å². The van der Waals surface area contributed by atoms with E-state index >= 15 is 0 Å². The average Bonchev–Trinajstić information content (AvgIpc) is 2.12. The number of para-hydroxylation sites is 1. The molecule has 0 aliphatic rings. The molecule has 2 N–H and O–H groups in total. The molecule has 66 valence electrons. The van der Waals surface area contributed by atoms with Gasteiger partial charge in [-0.15, -0.1) is 4.73 Å². The van der Waals surface area contributed by atoms with Crippen LogP contribution in [0.3, 0.4) is 0 Å². The zero-order chi connectivity index (χ0) is 9.42. The SMILES string of the molecule is [O-][n+]1c(O)ccc2cccc(O)c21. The van der Waals surface area contributed by atoms with E-state index in [4.69, 9.17) is 5.11 Å². The van der Waals surface area contributed by atoms with Crippen molar-refractivity contribution in [1.29, 1.82) is 0 Å². The lowest BCUT2D eigenvalue weighted by molar-refractivity contribution is -0.586. The number of nitrogens with zero attached hydrogens (tertiary/aromatic N) is 1. The van der Waals surface area contributed by atoms with Crippen molar-refractivity contribution in [2.24, 2.45) is 0 Å². The Kier molecular flexibility index (Phi) is 1.48. The van der Waals surface area contributed by atoms with Crippen molar-refractivity contribution >= 4 is 10.9 Å². The summed E-state index contributed by atoms with van der Waals surface area (Å²) in [7, 11) is 0. The molecule has 0 radical (unpaired) electrons. The highest BCUT2D eigenvalue weighted by Gasteiger charge is 2.12. The van der Waals surface area contributed by atoms with E-state index in [-0.39, 0.29) is 11.3 Å². The van der Waals surface area contributed by atoms with Gasteiger partial charge in [0.05, 0.1) is 11.5 Å². The molecule has 0 bridgehead atoms. The van der Waals surface area contributed by atoms with Crippen LogP contribution in [-0.2, 0) is 0 Å². The van der Waals surface area contributed by atoms with Gasteiger partial charge in [-0.25, -0.2) is 0 Å². The topological polar surface area (TPSA) is 67.4 Å². The van der Waals surface area contributed by atoms with E-state index in [1.54, 1.807) is 18.2 Å². The molecule has 4 heteroatoms. The predicted molar refractivity (Wildman–Crippen MR) is 46.2 cm³/mol. The van der Waals surface area contributed by atoms with E-state index in [0.29, 0.717) is 10.1 Å². The van der Waals surface area contributed by atoms with Crippen molar-refractivity contribution < 1.29 is 14.9 Å². The molecule has 0 amide bonds. The summed E-state index contributed by atoms with van der Waals surface area (Å²) in [6, 6.07) is 7.57. The van der Waals surface area contributed by atoms with E-state index in [1.807, 2.05) is 0 Å². The fourth-order valence-corrected chi connectivity index (χ4v) is 1.25. The van der Waals surface area contributed by atoms with Crippen LogP contribution in [0.15, 0.2) is 30.3 Å². The highest BCUT2D eigenvalue weighted by atomic mass is 16.5. The van der Waals surface area contributed by atoms with E-state index in [2.05, 4.69) is 0 Å². The molecule has 0 unspecified atom stereocenters. The van der Waals surface area contributed by atoms with Gasteiger partial charge in [0.1, 0.15) is 0 Å². The summed E-state index contributed by atoms with van der Waals surface area (Å²) in [6.45, 7) is 0. The van der Waals surface area contributed by atoms with Crippen LogP contribution in [0.5, 0.6) is 11.6 Å². The number of pyridine rings is 1. The molecule has 0 aliphatic carbocycles. The van der Waals surface area contributed by atoms with Gasteiger partial charge < -0.3 is 15.4 Å². The summed E-state index contributed by atoms with van der Waals surface area (Å²) in [5, 5.41) is 30.3. The van der Waals surface area contributed by atoms with Crippen LogP contribution >= 0.6 is 0 Å². The molecule has 1 aromatic heterocycles. The summed E-state index contributed by atoms with van der Waals surface area (Å²) in [5.41, 5.74) is 0.0856. The second kappa shape index (κ2) is 2.52. The van der Waals surface area contributed by atoms with Gasteiger partial charge in [0, 0.05) is 0 Å². The molecule has 2 rings (SSSR count). The number of fused-ring (bicyclic) bond motifs is 1. The maximum absolute atomic E-state index is 11.3. The standard InChI is InChI=1S/C9H7NO3/c11-7-3-1-2-6-4-5-8(12)10(13)9(6)7/h1-5,11-12H. The van der Waals surface area contributed by atoms with Crippen LogP contribution < -0.4 is 4.73 Å². The Hall–Kier alpha value is -1.97. The van der Waals surface area contributed by atoms with Gasteiger partial charge in [0.25, 0.3) is 5.52 Å². The van der Waals surface area contributed by atoms with Gasteiger partial charge in [-0.05, 0) is 18.2 Å². The van der Waals surface area contributed by atoms with Gasteiger partial charge in [0.15, 0.2) is 5.75 Å². The maximum atomic E-state index is 11.3. The van der Waals surface area contributed by atoms with Crippen molar-refractivity contribution in [1.82, 2.24) is 0 Å². The number of phenolic OH excluding ortho intramolecular Hbond substituents is 1. The summed E-state index contributed by atoms with van der Waals surface area (Å²) in [5.74, 6) is -0.558. The minimum Gasteiger partial charge on any atom is -0.615 e. The molecular formula is C9H7NO3. The summed E-state index contributed by atoms with van der Waals surface area (Å²) >= 11 is 0. The summed E-state index contributed by atoms with van der Waals surface area (Å²) < 4.78 is 0.296. The van der Waals surface area contributed by atoms with Crippen molar-refractivity contribution in [3.8, 4) is 11.6 Å². The summed E-state index contributed by atoms with van der Waals surface area (Å²) in [4.78, 5) is 0. The molecule has 13 heavy (non-hydrogen) atoms. The first-order valence-corrected chi connectivity index (χ1v) is 3.73. The number of hydrogen-bond acceptors (Lipinski definition) is 3. The van der Waals surface area contributed by atoms with Crippen LogP contribution in [0.1, 0.15) is 0 Å². The predicted octanol–water partition coefficient (Wildman–Crippen LogP) is 0.884. The molecule has 4 nitrogen and oxygen atoms in total. The first-order valence-electron chi connectivity index (χ1n) is 3.73. The van der Waals surface area contributed by atoms with Crippen molar-refractivity contribution in [2.45, 2.75) is 0 Å². The van der Waals surface area contributed by atoms with E-state index in [9.17, 15) is 10.3 Å². The highest BCUT2D eigenvalue weighted by Crippen LogP contribution is 2.22. The number of benzene rings is 1. The van der Waals surface area contributed by atoms with Gasteiger partial charge in [0.2, 0.25) is 0 Å². The number of hydrogen-bond donors (Lipinski definition) is 2. The fourth-order valence-electron chi connectivity index (χ4n) is 1.25. The van der Waals surface area contributed by atoms with E-state index in [0.717, 1.165) is 0 Å². The van der Waals surface area contributed by atoms with Gasteiger partial charge in [-0.1, -0.05) is 6.07 Å². The quantitative estimate of drug-likeness (QED) is 0.463. The van der Waals surface area contributed by atoms with Crippen molar-refractivity contribution in [3.63, 3.8) is 0 Å². The monoisotopic (exact) mass is 177 g/mol. The zero-order valence-electron chi connectivity index (χ0n) is 6.64. The van der Waals surface area contributed by atoms with Crippen LogP contribution in [0.25, 0.3) is 10.9 Å². The lowest BCUT2D eigenvalue weighted by atomic mass is 10.2. The number of aromatic nitrogens is 1. The van der Waals surface area contributed by atoms with Gasteiger partial charge >= 0.3 is 5.88 Å².